The van der Waals surface area contributed by atoms with Gasteiger partial charge in [-0.3, -0.25) is 4.79 Å². The zero-order chi connectivity index (χ0) is 25.4. The molecule has 8 heteroatoms. The number of carbonyl (C=O) groups excluding carboxylic acids is 2. The van der Waals surface area contributed by atoms with Crippen molar-refractivity contribution < 1.29 is 24.2 Å². The number of alkyl carbamates (subject to hydrolysis) is 1. The van der Waals surface area contributed by atoms with Crippen molar-refractivity contribution in [3.8, 4) is 17.2 Å². The molecule has 0 saturated heterocycles. The molecular formula is C27H31N3O5. The Morgan fingerprint density at radius 2 is 1.69 bits per heavy atom. The van der Waals surface area contributed by atoms with Crippen LogP contribution in [0.15, 0.2) is 48.5 Å². The number of nitrogens with one attached hydrogen (secondary N) is 2. The first-order valence-corrected chi connectivity index (χ1v) is 11.8. The Kier molecular flexibility index (Phi) is 8.48. The van der Waals surface area contributed by atoms with Gasteiger partial charge >= 0.3 is 12.1 Å². The first-order valence-electron chi connectivity index (χ1n) is 11.8. The topological polar surface area (TPSA) is 129 Å². The summed E-state index contributed by atoms with van der Waals surface area (Å²) in [5, 5.41) is 23.4. The Balaban J connectivity index is 1.68. The van der Waals surface area contributed by atoms with Crippen LogP contribution in [0.4, 0.5) is 4.79 Å². The predicted molar refractivity (Wildman–Crippen MR) is 131 cm³/mol. The Hall–Kier alpha value is -3.86. The molecule has 2 atom stereocenters. The van der Waals surface area contributed by atoms with E-state index in [-0.39, 0.29) is 25.4 Å². The second kappa shape index (κ2) is 11.5. The molecule has 2 amide bonds. The van der Waals surface area contributed by atoms with Gasteiger partial charge in [0.25, 0.3) is 0 Å². The third kappa shape index (κ3) is 5.99. The third-order valence-electron chi connectivity index (χ3n) is 6.56. The molecule has 2 aromatic carbocycles. The molecule has 0 spiro atoms. The first-order chi connectivity index (χ1) is 16.8. The molecule has 0 heterocycles. The number of hydrogen-bond donors (Lipinski definition) is 3. The normalized spacial score (nSPS) is 14.5. The highest BCUT2D eigenvalue weighted by Gasteiger charge is 2.36. The van der Waals surface area contributed by atoms with Crippen molar-refractivity contribution in [2.75, 3.05) is 6.61 Å². The SMILES string of the molecule is CCC(C)(NC(=O)C(CCCCC#N)NC(=O)OCC1c2ccccc2-c2ccccc21)C(=O)O. The monoisotopic (exact) mass is 477 g/mol. The summed E-state index contributed by atoms with van der Waals surface area (Å²) in [4.78, 5) is 37.2. The summed E-state index contributed by atoms with van der Waals surface area (Å²) in [6.07, 6.45) is 1.11. The van der Waals surface area contributed by atoms with E-state index in [1.165, 1.54) is 6.92 Å². The van der Waals surface area contributed by atoms with E-state index in [0.29, 0.717) is 19.3 Å². The smallest absolute Gasteiger partial charge is 0.407 e. The maximum Gasteiger partial charge on any atom is 0.407 e. The average Bonchev–Trinajstić information content (AvgIpc) is 3.18. The maximum atomic E-state index is 12.9. The Labute approximate surface area is 205 Å². The number of aliphatic carboxylic acids is 1. The number of hydrogen-bond acceptors (Lipinski definition) is 5. The molecule has 1 aliphatic carbocycles. The fourth-order valence-electron chi connectivity index (χ4n) is 4.26. The minimum atomic E-state index is -1.45. The van der Waals surface area contributed by atoms with Crippen molar-refractivity contribution in [1.29, 1.82) is 5.26 Å². The summed E-state index contributed by atoms with van der Waals surface area (Å²) in [6.45, 7) is 3.19. The maximum absolute atomic E-state index is 12.9. The van der Waals surface area contributed by atoms with Gasteiger partial charge in [0.1, 0.15) is 18.2 Å². The van der Waals surface area contributed by atoms with Gasteiger partial charge in [0, 0.05) is 12.3 Å². The molecule has 3 N–H and O–H groups in total. The van der Waals surface area contributed by atoms with Gasteiger partial charge in [0.05, 0.1) is 6.07 Å². The van der Waals surface area contributed by atoms with Gasteiger partial charge in [-0.1, -0.05) is 55.5 Å². The summed E-state index contributed by atoms with van der Waals surface area (Å²) < 4.78 is 5.55. The minimum absolute atomic E-state index is 0.102. The number of benzene rings is 2. The largest absolute Gasteiger partial charge is 0.480 e. The van der Waals surface area contributed by atoms with E-state index in [9.17, 15) is 19.5 Å². The van der Waals surface area contributed by atoms with Crippen molar-refractivity contribution in [3.63, 3.8) is 0 Å². The number of rotatable bonds is 11. The van der Waals surface area contributed by atoms with Crippen LogP contribution in [0.25, 0.3) is 11.1 Å². The summed E-state index contributed by atoms with van der Waals surface area (Å²) in [7, 11) is 0. The van der Waals surface area contributed by atoms with Gasteiger partial charge in [0.2, 0.25) is 5.91 Å². The van der Waals surface area contributed by atoms with E-state index in [4.69, 9.17) is 10.00 Å². The van der Waals surface area contributed by atoms with Gasteiger partial charge in [-0.2, -0.15) is 5.26 Å². The second-order valence-corrected chi connectivity index (χ2v) is 8.91. The number of carboxylic acid groups (broad SMARTS) is 1. The van der Waals surface area contributed by atoms with Crippen molar-refractivity contribution in [3.05, 3.63) is 59.7 Å². The van der Waals surface area contributed by atoms with Crippen molar-refractivity contribution in [2.45, 2.75) is 63.5 Å². The van der Waals surface area contributed by atoms with E-state index in [1.807, 2.05) is 48.5 Å². The summed E-state index contributed by atoms with van der Waals surface area (Å²) >= 11 is 0. The van der Waals surface area contributed by atoms with Crippen LogP contribution in [0.2, 0.25) is 0 Å². The van der Waals surface area contributed by atoms with Crippen LogP contribution < -0.4 is 10.6 Å². The molecule has 0 saturated carbocycles. The van der Waals surface area contributed by atoms with Gasteiger partial charge in [0.15, 0.2) is 0 Å². The summed E-state index contributed by atoms with van der Waals surface area (Å²) in [5.74, 6) is -1.87. The Morgan fingerprint density at radius 1 is 1.09 bits per heavy atom. The van der Waals surface area contributed by atoms with Gasteiger partial charge in [-0.25, -0.2) is 9.59 Å². The van der Waals surface area contributed by atoms with Crippen LogP contribution in [-0.2, 0) is 14.3 Å². The molecule has 8 nitrogen and oxygen atoms in total. The first kappa shape index (κ1) is 25.8. The number of amides is 2. The minimum Gasteiger partial charge on any atom is -0.480 e. The van der Waals surface area contributed by atoms with Crippen molar-refractivity contribution in [2.24, 2.45) is 0 Å². The molecule has 0 bridgehead atoms. The van der Waals surface area contributed by atoms with Crippen molar-refractivity contribution in [1.82, 2.24) is 10.6 Å². The lowest BCUT2D eigenvalue weighted by Crippen LogP contribution is -2.57. The molecule has 2 unspecified atom stereocenters. The second-order valence-electron chi connectivity index (χ2n) is 8.91. The number of carboxylic acids is 1. The molecule has 35 heavy (non-hydrogen) atoms. The molecule has 0 fully saturated rings. The number of ether oxygens (including phenoxy) is 1. The quantitative estimate of drug-likeness (QED) is 0.413. The molecule has 3 rings (SSSR count). The van der Waals surface area contributed by atoms with Crippen LogP contribution in [0.5, 0.6) is 0 Å². The lowest BCUT2D eigenvalue weighted by molar-refractivity contribution is -0.147. The average molecular weight is 478 g/mol. The van der Waals surface area contributed by atoms with E-state index >= 15 is 0 Å². The van der Waals surface area contributed by atoms with Gasteiger partial charge in [-0.05, 0) is 54.9 Å². The molecule has 0 radical (unpaired) electrons. The number of unbranched alkanes of at least 4 members (excludes halogenated alkanes) is 2. The lowest BCUT2D eigenvalue weighted by atomic mass is 9.97. The van der Waals surface area contributed by atoms with Crippen LogP contribution in [0, 0.1) is 11.3 Å². The highest BCUT2D eigenvalue weighted by Crippen LogP contribution is 2.44. The van der Waals surface area contributed by atoms with E-state index in [2.05, 4.69) is 16.7 Å². The molecule has 1 aliphatic rings. The van der Waals surface area contributed by atoms with E-state index in [1.54, 1.807) is 6.92 Å². The van der Waals surface area contributed by atoms with Crippen LogP contribution in [0.1, 0.15) is 63.0 Å². The van der Waals surface area contributed by atoms with Crippen LogP contribution >= 0.6 is 0 Å². The fraction of sp³-hybridized carbons (Fsp3) is 0.407. The Bertz CT molecular complexity index is 1080. The summed E-state index contributed by atoms with van der Waals surface area (Å²) in [5.41, 5.74) is 2.92. The lowest BCUT2D eigenvalue weighted by Gasteiger charge is -2.28. The highest BCUT2D eigenvalue weighted by atomic mass is 16.5. The number of fused-ring (bicyclic) bond motifs is 3. The number of nitriles is 1. The molecule has 0 aromatic heterocycles. The number of nitrogens with zero attached hydrogens (tertiary/aromatic N) is 1. The predicted octanol–water partition coefficient (Wildman–Crippen LogP) is 4.35. The number of carbonyl (C=O) groups is 3. The zero-order valence-corrected chi connectivity index (χ0v) is 20.0. The fourth-order valence-corrected chi connectivity index (χ4v) is 4.26. The van der Waals surface area contributed by atoms with E-state index in [0.717, 1.165) is 22.3 Å². The molecule has 184 valence electrons. The Morgan fingerprint density at radius 3 is 2.23 bits per heavy atom. The molecule has 0 aliphatic heterocycles. The summed E-state index contributed by atoms with van der Waals surface area (Å²) in [6, 6.07) is 17.1. The van der Waals surface area contributed by atoms with Gasteiger partial charge < -0.3 is 20.5 Å². The standard InChI is InChI=1S/C27H31N3O5/c1-3-27(2,25(32)33)30-24(31)23(15-5-4-10-16-28)29-26(34)35-17-22-20-13-8-6-11-18(20)19-12-7-9-14-21(19)22/h6-9,11-14,22-23H,3-5,10,15,17H2,1-2H3,(H,29,34)(H,30,31)(H,32,33). The highest BCUT2D eigenvalue weighted by molar-refractivity contribution is 5.91. The van der Waals surface area contributed by atoms with E-state index < -0.39 is 29.6 Å². The van der Waals surface area contributed by atoms with Crippen molar-refractivity contribution >= 4 is 18.0 Å². The third-order valence-corrected chi connectivity index (χ3v) is 6.56. The van der Waals surface area contributed by atoms with Crippen LogP contribution in [0.3, 0.4) is 0 Å². The molecular weight excluding hydrogens is 446 g/mol. The van der Waals surface area contributed by atoms with Crippen LogP contribution in [-0.4, -0.2) is 41.3 Å². The molecule has 2 aromatic rings. The zero-order valence-electron chi connectivity index (χ0n) is 20.0. The van der Waals surface area contributed by atoms with Gasteiger partial charge in [-0.15, -0.1) is 0 Å².